The van der Waals surface area contributed by atoms with E-state index in [9.17, 15) is 0 Å². The summed E-state index contributed by atoms with van der Waals surface area (Å²) < 4.78 is 1.46. The van der Waals surface area contributed by atoms with Gasteiger partial charge in [-0.3, -0.25) is 0 Å². The van der Waals surface area contributed by atoms with Gasteiger partial charge in [-0.05, 0) is 51.4 Å². The molecule has 0 heterocycles. The second-order valence-electron chi connectivity index (χ2n) is 15.0. The predicted molar refractivity (Wildman–Crippen MR) is 226 cm³/mol. The lowest BCUT2D eigenvalue weighted by molar-refractivity contribution is -0.929. The van der Waals surface area contributed by atoms with Crippen LogP contribution < -0.4 is 21.9 Å². The van der Waals surface area contributed by atoms with Crippen molar-refractivity contribution in [2.45, 2.75) is 130 Å². The average Bonchev–Trinajstić information content (AvgIpc) is 3.18. The van der Waals surface area contributed by atoms with E-state index in [1.54, 1.807) is 0 Å². The molecule has 0 amide bonds. The van der Waals surface area contributed by atoms with E-state index in [1.165, 1.54) is 155 Å². The van der Waals surface area contributed by atoms with Crippen molar-refractivity contribution >= 4 is 28.0 Å². The van der Waals surface area contributed by atoms with E-state index in [-0.39, 0.29) is 0 Å². The summed E-state index contributed by atoms with van der Waals surface area (Å²) >= 11 is 0. The fourth-order valence-electron chi connectivity index (χ4n) is 8.29. The Hall–Kier alpha value is -3.10. The lowest BCUT2D eigenvalue weighted by Crippen LogP contribution is -2.74. The molecule has 4 aromatic carbocycles. The molecule has 0 bridgehead atoms. The Bertz CT molecular complexity index is 1120. The molecule has 0 spiro atoms. The monoisotopic (exact) mass is 674 g/mol. The Morgan fingerprint density at radius 1 is 0.300 bits per heavy atom. The molecule has 0 radical (unpaired) electrons. The zero-order chi connectivity index (χ0) is 35.6. The number of nitrogens with zero attached hydrogens (tertiary/aromatic N) is 1. The third-order valence-corrected chi connectivity index (χ3v) is 11.1. The van der Waals surface area contributed by atoms with Crippen molar-refractivity contribution in [2.75, 3.05) is 26.2 Å². The van der Waals surface area contributed by atoms with Gasteiger partial charge in [-0.25, -0.2) is 0 Å². The maximum atomic E-state index is 2.34. The molecule has 0 saturated heterocycles. The average molecular weight is 674 g/mol. The first kappa shape index (κ1) is 41.3. The van der Waals surface area contributed by atoms with Gasteiger partial charge in [0.15, 0.2) is 0 Å². The molecule has 0 atom stereocenters. The summed E-state index contributed by atoms with van der Waals surface area (Å²) in [5.41, 5.74) is 5.36. The Balaban J connectivity index is 0.000000270. The highest BCUT2D eigenvalue weighted by Gasteiger charge is 2.31. The zero-order valence-corrected chi connectivity index (χ0v) is 32.7. The summed E-state index contributed by atoms with van der Waals surface area (Å²) in [4.78, 5) is 0. The van der Waals surface area contributed by atoms with E-state index in [1.807, 2.05) is 0 Å². The molecule has 0 fully saturated rings. The summed E-state index contributed by atoms with van der Waals surface area (Å²) in [6, 6.07) is 43.5. The quantitative estimate of drug-likeness (QED) is 0.0394. The van der Waals surface area contributed by atoms with Gasteiger partial charge in [-0.1, -0.05) is 200 Å². The second kappa shape index (κ2) is 25.0. The topological polar surface area (TPSA) is 0 Å². The first-order valence-electron chi connectivity index (χ1n) is 20.9. The lowest BCUT2D eigenvalue weighted by Gasteiger charge is -2.44. The van der Waals surface area contributed by atoms with Crippen molar-refractivity contribution < 1.29 is 4.48 Å². The number of hydrogen-bond acceptors (Lipinski definition) is 0. The van der Waals surface area contributed by atoms with Gasteiger partial charge in [-0.15, -0.1) is 0 Å². The van der Waals surface area contributed by atoms with Crippen LogP contribution in [0.1, 0.15) is 130 Å². The minimum atomic E-state index is -1.22. The fourth-order valence-corrected chi connectivity index (χ4v) is 8.29. The minimum absolute atomic E-state index is 1.22. The first-order chi connectivity index (χ1) is 24.7. The van der Waals surface area contributed by atoms with Crippen LogP contribution in [0.5, 0.6) is 0 Å². The van der Waals surface area contributed by atoms with Gasteiger partial charge >= 0.3 is 0 Å². The highest BCUT2D eigenvalue weighted by molar-refractivity contribution is 7.19. The van der Waals surface area contributed by atoms with Crippen LogP contribution in [0, 0.1) is 0 Å². The molecule has 4 rings (SSSR count). The van der Waals surface area contributed by atoms with Gasteiger partial charge in [0.25, 0.3) is 0 Å². The Labute approximate surface area is 309 Å². The van der Waals surface area contributed by atoms with Crippen LogP contribution in [0.3, 0.4) is 0 Å². The fraction of sp³-hybridized carbons (Fsp3) is 0.500. The number of quaternary nitrogens is 1. The van der Waals surface area contributed by atoms with Gasteiger partial charge in [0.2, 0.25) is 0 Å². The van der Waals surface area contributed by atoms with Crippen LogP contribution in [0.2, 0.25) is 0 Å². The molecule has 0 N–H and O–H groups in total. The predicted octanol–water partition coefficient (Wildman–Crippen LogP) is 11.2. The summed E-state index contributed by atoms with van der Waals surface area (Å²) in [6.07, 6.45) is 21.6. The third-order valence-electron chi connectivity index (χ3n) is 11.1. The van der Waals surface area contributed by atoms with Crippen LogP contribution in [0.15, 0.2) is 121 Å². The van der Waals surface area contributed by atoms with E-state index >= 15 is 0 Å². The third kappa shape index (κ3) is 13.2. The second-order valence-corrected chi connectivity index (χ2v) is 15.0. The molecule has 0 aliphatic carbocycles. The number of rotatable bonds is 24. The minimum Gasteiger partial charge on any atom is -0.324 e. The Morgan fingerprint density at radius 3 is 0.720 bits per heavy atom. The normalized spacial score (nSPS) is 11.6. The molecule has 4 aromatic rings. The van der Waals surface area contributed by atoms with Crippen molar-refractivity contribution in [2.24, 2.45) is 0 Å². The van der Waals surface area contributed by atoms with Crippen LogP contribution in [0.4, 0.5) is 0 Å². The molecule has 0 saturated carbocycles. The van der Waals surface area contributed by atoms with Crippen molar-refractivity contribution in [1.82, 2.24) is 0 Å². The Kier molecular flexibility index (Phi) is 20.6. The van der Waals surface area contributed by atoms with Gasteiger partial charge in [-0.2, -0.15) is 21.9 Å². The van der Waals surface area contributed by atoms with Crippen LogP contribution >= 0.6 is 0 Å². The van der Waals surface area contributed by atoms with Gasteiger partial charge < -0.3 is 4.48 Å². The summed E-state index contributed by atoms with van der Waals surface area (Å²) in [5, 5.41) is 0. The number of unbranched alkanes of at least 4 members (excludes halogenated alkanes) is 12. The van der Waals surface area contributed by atoms with Crippen molar-refractivity contribution in [3.63, 3.8) is 0 Å². The van der Waals surface area contributed by atoms with Gasteiger partial charge in [0.05, 0.1) is 26.2 Å². The molecule has 0 aliphatic rings. The van der Waals surface area contributed by atoms with E-state index in [2.05, 4.69) is 149 Å². The van der Waals surface area contributed by atoms with Crippen molar-refractivity contribution in [3.8, 4) is 0 Å². The van der Waals surface area contributed by atoms with Crippen molar-refractivity contribution in [1.29, 1.82) is 0 Å². The summed E-state index contributed by atoms with van der Waals surface area (Å²) in [6.45, 7) is 15.2. The number of hydrogen-bond donors (Lipinski definition) is 0. The van der Waals surface area contributed by atoms with Gasteiger partial charge in [0.1, 0.15) is 6.15 Å². The molecule has 0 aliphatic heterocycles. The SMILES string of the molecule is CCCCCC[N+](CCCCCC)(CCCCCC)CCCCCC.c1ccc([B-](c2ccccc2)(c2ccccc2)c2ccccc2)cc1. The molecular formula is C48H72BN. The molecular weight excluding hydrogens is 601 g/mol. The lowest BCUT2D eigenvalue weighted by atomic mass is 9.13. The molecule has 1 nitrogen and oxygen atoms in total. The van der Waals surface area contributed by atoms with Gasteiger partial charge in [0, 0.05) is 0 Å². The summed E-state index contributed by atoms with van der Waals surface area (Å²) in [7, 11) is 0. The number of benzene rings is 4. The van der Waals surface area contributed by atoms with Crippen molar-refractivity contribution in [3.05, 3.63) is 121 Å². The maximum absolute atomic E-state index is 2.34. The largest absolute Gasteiger partial charge is 0.324 e. The van der Waals surface area contributed by atoms with Crippen LogP contribution in [-0.2, 0) is 0 Å². The Morgan fingerprint density at radius 2 is 0.520 bits per heavy atom. The summed E-state index contributed by atoms with van der Waals surface area (Å²) in [5.74, 6) is 0. The highest BCUT2D eigenvalue weighted by Crippen LogP contribution is 2.19. The van der Waals surface area contributed by atoms with E-state index in [4.69, 9.17) is 0 Å². The molecule has 2 heteroatoms. The first-order valence-corrected chi connectivity index (χ1v) is 20.9. The smallest absolute Gasteiger partial charge is 0.108 e. The highest BCUT2D eigenvalue weighted by atomic mass is 15.3. The molecule has 50 heavy (non-hydrogen) atoms. The van der Waals surface area contributed by atoms with Crippen LogP contribution in [-0.4, -0.2) is 36.8 Å². The van der Waals surface area contributed by atoms with E-state index < -0.39 is 6.15 Å². The molecule has 0 aromatic heterocycles. The standard InChI is InChI=1S/C24H20B.C24H52N/c1-5-13-21(14-6-1)25(22-15-7-2-8-16-22,23-17-9-3-10-18-23)24-19-11-4-12-20-24;1-5-9-13-17-21-25(22-18-14-10-6-2,23-19-15-11-7-3)24-20-16-12-8-4/h1-20H;5-24H2,1-4H3/q-1;+1. The van der Waals surface area contributed by atoms with Crippen LogP contribution in [0.25, 0.3) is 0 Å². The van der Waals surface area contributed by atoms with E-state index in [0.717, 1.165) is 0 Å². The zero-order valence-electron chi connectivity index (χ0n) is 32.7. The van der Waals surface area contributed by atoms with E-state index in [0.29, 0.717) is 0 Å². The molecule has 0 unspecified atom stereocenters. The maximum Gasteiger partial charge on any atom is 0.108 e. The molecule has 272 valence electrons.